The first-order valence-corrected chi connectivity index (χ1v) is 10.0. The molecule has 1 amide bonds. The van der Waals surface area contributed by atoms with E-state index in [1.165, 1.54) is 11.3 Å². The average Bonchev–Trinajstić information content (AvgIpc) is 3.27. The monoisotopic (exact) mass is 404 g/mol. The molecule has 0 aliphatic rings. The largest absolute Gasteiger partial charge is 0.497 e. The van der Waals surface area contributed by atoms with E-state index in [1.54, 1.807) is 30.2 Å². The molecule has 6 heteroatoms. The van der Waals surface area contributed by atoms with Gasteiger partial charge in [0.2, 0.25) is 0 Å². The number of amides is 1. The molecule has 146 valence electrons. The number of hydrogen-bond donors (Lipinski definition) is 1. The molecule has 4 aromatic rings. The van der Waals surface area contributed by atoms with Crippen LogP contribution in [0.4, 0.5) is 5.69 Å². The average molecular weight is 404 g/mol. The van der Waals surface area contributed by atoms with Gasteiger partial charge in [0.25, 0.3) is 11.5 Å². The van der Waals surface area contributed by atoms with Crippen LogP contribution in [-0.2, 0) is 6.54 Å². The Hall–Kier alpha value is -3.38. The molecule has 2 aromatic carbocycles. The molecule has 2 aromatic heterocycles. The summed E-state index contributed by atoms with van der Waals surface area (Å²) >= 11 is 1.38. The van der Waals surface area contributed by atoms with Gasteiger partial charge in [-0.3, -0.25) is 9.59 Å². The van der Waals surface area contributed by atoms with Gasteiger partial charge >= 0.3 is 0 Å². The molecule has 0 unspecified atom stereocenters. The van der Waals surface area contributed by atoms with Crippen molar-refractivity contribution in [3.05, 3.63) is 92.4 Å². The number of aryl methyl sites for hydroxylation is 1. The second kappa shape index (κ2) is 7.93. The summed E-state index contributed by atoms with van der Waals surface area (Å²) in [6.07, 6.45) is 0. The number of aromatic amines is 1. The molecule has 4 rings (SSSR count). The van der Waals surface area contributed by atoms with Gasteiger partial charge in [-0.15, -0.1) is 11.3 Å². The smallest absolute Gasteiger partial charge is 0.268 e. The summed E-state index contributed by atoms with van der Waals surface area (Å²) in [6, 6.07) is 18.7. The molecule has 0 atom stereocenters. The Morgan fingerprint density at radius 1 is 1.10 bits per heavy atom. The summed E-state index contributed by atoms with van der Waals surface area (Å²) in [4.78, 5) is 31.1. The highest BCUT2D eigenvalue weighted by atomic mass is 32.1. The first-order chi connectivity index (χ1) is 14.0. The van der Waals surface area contributed by atoms with Crippen molar-refractivity contribution < 1.29 is 9.53 Å². The van der Waals surface area contributed by atoms with Crippen molar-refractivity contribution in [1.29, 1.82) is 0 Å². The molecule has 1 N–H and O–H groups in total. The number of nitrogens with zero attached hydrogens (tertiary/aromatic N) is 1. The van der Waals surface area contributed by atoms with E-state index in [1.807, 2.05) is 54.8 Å². The SMILES string of the molecule is COc1ccc(N(Cc2cc3ccc(C)cc3[nH]c2=O)C(=O)c2cccs2)cc1. The lowest BCUT2D eigenvalue weighted by Gasteiger charge is -2.22. The van der Waals surface area contributed by atoms with Crippen molar-refractivity contribution in [3.63, 3.8) is 0 Å². The van der Waals surface area contributed by atoms with E-state index in [0.717, 1.165) is 16.5 Å². The third-order valence-electron chi connectivity index (χ3n) is 4.77. The second-order valence-electron chi connectivity index (χ2n) is 6.78. The molecule has 0 aliphatic carbocycles. The van der Waals surface area contributed by atoms with Crippen LogP contribution in [0.15, 0.2) is 70.8 Å². The predicted molar refractivity (Wildman–Crippen MR) is 117 cm³/mol. The fourth-order valence-corrected chi connectivity index (χ4v) is 3.90. The van der Waals surface area contributed by atoms with Crippen molar-refractivity contribution in [3.8, 4) is 5.75 Å². The van der Waals surface area contributed by atoms with Crippen LogP contribution in [0.2, 0.25) is 0 Å². The fourth-order valence-electron chi connectivity index (χ4n) is 3.22. The zero-order valence-electron chi connectivity index (χ0n) is 16.1. The highest BCUT2D eigenvalue weighted by molar-refractivity contribution is 7.12. The Morgan fingerprint density at radius 2 is 1.90 bits per heavy atom. The number of rotatable bonds is 5. The number of ether oxygens (including phenoxy) is 1. The number of carbonyl (C=O) groups excluding carboxylic acids is 1. The molecule has 0 saturated carbocycles. The minimum atomic E-state index is -0.194. The van der Waals surface area contributed by atoms with Crippen LogP contribution in [-0.4, -0.2) is 18.0 Å². The number of hydrogen-bond acceptors (Lipinski definition) is 4. The van der Waals surface area contributed by atoms with Gasteiger partial charge in [-0.05, 0) is 65.7 Å². The topological polar surface area (TPSA) is 62.4 Å². The number of pyridine rings is 1. The number of aromatic nitrogens is 1. The van der Waals surface area contributed by atoms with Crippen molar-refractivity contribution in [2.75, 3.05) is 12.0 Å². The minimum Gasteiger partial charge on any atom is -0.497 e. The molecule has 2 heterocycles. The molecule has 0 saturated heterocycles. The van der Waals surface area contributed by atoms with Crippen LogP contribution in [0.3, 0.4) is 0 Å². The number of H-pyrrole nitrogens is 1. The summed E-state index contributed by atoms with van der Waals surface area (Å²) < 4.78 is 5.22. The van der Waals surface area contributed by atoms with Crippen LogP contribution in [0, 0.1) is 6.92 Å². The third-order valence-corrected chi connectivity index (χ3v) is 5.63. The van der Waals surface area contributed by atoms with Crippen molar-refractivity contribution >= 4 is 33.8 Å². The van der Waals surface area contributed by atoms with Crippen LogP contribution >= 0.6 is 11.3 Å². The molecule has 0 bridgehead atoms. The summed E-state index contributed by atoms with van der Waals surface area (Å²) in [5.41, 5.74) is 2.91. The lowest BCUT2D eigenvalue weighted by Crippen LogP contribution is -2.32. The molecule has 0 fully saturated rings. The zero-order chi connectivity index (χ0) is 20.4. The van der Waals surface area contributed by atoms with E-state index in [-0.39, 0.29) is 18.0 Å². The van der Waals surface area contributed by atoms with E-state index in [0.29, 0.717) is 21.9 Å². The molecule has 0 spiro atoms. The van der Waals surface area contributed by atoms with E-state index in [9.17, 15) is 9.59 Å². The first-order valence-electron chi connectivity index (χ1n) is 9.17. The van der Waals surface area contributed by atoms with Gasteiger partial charge in [-0.25, -0.2) is 0 Å². The van der Waals surface area contributed by atoms with E-state index >= 15 is 0 Å². The van der Waals surface area contributed by atoms with Gasteiger partial charge in [0.05, 0.1) is 18.5 Å². The molecular weight excluding hydrogens is 384 g/mol. The van der Waals surface area contributed by atoms with E-state index in [2.05, 4.69) is 4.98 Å². The normalized spacial score (nSPS) is 10.8. The Balaban J connectivity index is 1.76. The van der Waals surface area contributed by atoms with Gasteiger partial charge in [0, 0.05) is 16.8 Å². The molecular formula is C23H20N2O3S. The highest BCUT2D eigenvalue weighted by Gasteiger charge is 2.20. The maximum Gasteiger partial charge on any atom is 0.268 e. The molecule has 5 nitrogen and oxygen atoms in total. The first kappa shape index (κ1) is 19.0. The van der Waals surface area contributed by atoms with Gasteiger partial charge in [0.1, 0.15) is 5.75 Å². The Bertz CT molecular complexity index is 1210. The van der Waals surface area contributed by atoms with Gasteiger partial charge in [-0.2, -0.15) is 0 Å². The van der Waals surface area contributed by atoms with Gasteiger partial charge < -0.3 is 14.6 Å². The molecule has 29 heavy (non-hydrogen) atoms. The van der Waals surface area contributed by atoms with E-state index in [4.69, 9.17) is 4.74 Å². The standard InChI is InChI=1S/C23H20N2O3S/c1-15-5-6-16-13-17(22(26)24-20(16)12-15)14-25(23(27)21-4-3-11-29-21)18-7-9-19(28-2)10-8-18/h3-13H,14H2,1-2H3,(H,24,26). The van der Waals surface area contributed by atoms with E-state index < -0.39 is 0 Å². The number of methoxy groups -OCH3 is 1. The Morgan fingerprint density at radius 3 is 2.59 bits per heavy atom. The minimum absolute atomic E-state index is 0.145. The number of anilines is 1. The van der Waals surface area contributed by atoms with Gasteiger partial charge in [0.15, 0.2) is 0 Å². The summed E-state index contributed by atoms with van der Waals surface area (Å²) in [6.45, 7) is 2.15. The number of fused-ring (bicyclic) bond motifs is 1. The maximum absolute atomic E-state index is 13.2. The Labute approximate surface area is 172 Å². The summed E-state index contributed by atoms with van der Waals surface area (Å²) in [5.74, 6) is 0.560. The van der Waals surface area contributed by atoms with Crippen molar-refractivity contribution in [2.45, 2.75) is 13.5 Å². The van der Waals surface area contributed by atoms with Crippen LogP contribution in [0.25, 0.3) is 10.9 Å². The second-order valence-corrected chi connectivity index (χ2v) is 7.73. The molecule has 0 aliphatic heterocycles. The summed E-state index contributed by atoms with van der Waals surface area (Å²) in [7, 11) is 1.60. The number of nitrogens with one attached hydrogen (secondary N) is 1. The van der Waals surface area contributed by atoms with Crippen molar-refractivity contribution in [2.24, 2.45) is 0 Å². The Kier molecular flexibility index (Phi) is 5.18. The lowest BCUT2D eigenvalue weighted by atomic mass is 10.1. The van der Waals surface area contributed by atoms with Crippen molar-refractivity contribution in [1.82, 2.24) is 4.98 Å². The quantitative estimate of drug-likeness (QED) is 0.522. The lowest BCUT2D eigenvalue weighted by molar-refractivity contribution is 0.0989. The maximum atomic E-state index is 13.2. The van der Waals surface area contributed by atoms with Crippen LogP contribution < -0.4 is 15.2 Å². The number of benzene rings is 2. The zero-order valence-corrected chi connectivity index (χ0v) is 17.0. The van der Waals surface area contributed by atoms with Crippen LogP contribution in [0.5, 0.6) is 5.75 Å². The van der Waals surface area contributed by atoms with Gasteiger partial charge in [-0.1, -0.05) is 18.2 Å². The third kappa shape index (κ3) is 3.93. The number of carbonyl (C=O) groups is 1. The summed E-state index contributed by atoms with van der Waals surface area (Å²) in [5, 5.41) is 2.80. The number of thiophene rings is 1. The predicted octanol–water partition coefficient (Wildman–Crippen LogP) is 4.75. The molecule has 0 radical (unpaired) electrons. The highest BCUT2D eigenvalue weighted by Crippen LogP contribution is 2.25. The van der Waals surface area contributed by atoms with Crippen LogP contribution in [0.1, 0.15) is 20.8 Å². The fraction of sp³-hybridized carbons (Fsp3) is 0.130.